The largest absolute Gasteiger partial charge is 0.367 e. The Kier molecular flexibility index (Phi) is 7.18. The molecule has 1 unspecified atom stereocenters. The summed E-state index contributed by atoms with van der Waals surface area (Å²) in [6, 6.07) is 4.35. The number of rotatable bonds is 6. The number of pyridine rings is 1. The topological polar surface area (TPSA) is 89.5 Å². The van der Waals surface area contributed by atoms with Crippen LogP contribution in [0.2, 0.25) is 0 Å². The van der Waals surface area contributed by atoms with Gasteiger partial charge in [0.2, 0.25) is 11.9 Å². The van der Waals surface area contributed by atoms with Crippen molar-refractivity contribution in [2.24, 2.45) is 5.92 Å². The molecule has 6 rings (SSSR count). The van der Waals surface area contributed by atoms with Crippen molar-refractivity contribution in [3.05, 3.63) is 36.2 Å². The van der Waals surface area contributed by atoms with E-state index in [0.717, 1.165) is 55.5 Å². The van der Waals surface area contributed by atoms with E-state index in [9.17, 15) is 4.79 Å². The van der Waals surface area contributed by atoms with E-state index in [0.29, 0.717) is 24.4 Å². The van der Waals surface area contributed by atoms with Crippen LogP contribution in [0.4, 0.5) is 23.3 Å². The Labute approximate surface area is 232 Å². The zero-order chi connectivity index (χ0) is 27.0. The molecule has 0 radical (unpaired) electrons. The van der Waals surface area contributed by atoms with Crippen LogP contribution in [-0.2, 0) is 4.79 Å². The lowest BCUT2D eigenvalue weighted by molar-refractivity contribution is -0.123. The summed E-state index contributed by atoms with van der Waals surface area (Å²) in [5.41, 5.74) is 2.02. The molecule has 0 aromatic carbocycles. The molecule has 9 nitrogen and oxygen atoms in total. The number of carbonyl (C=O) groups is 1. The van der Waals surface area contributed by atoms with Crippen LogP contribution in [0.25, 0.3) is 6.08 Å². The summed E-state index contributed by atoms with van der Waals surface area (Å²) in [4.78, 5) is 34.4. The first-order valence-electron chi connectivity index (χ1n) is 14.8. The first-order chi connectivity index (χ1) is 18.9. The molecule has 4 aliphatic rings. The van der Waals surface area contributed by atoms with Crippen LogP contribution in [0.3, 0.4) is 0 Å². The smallest absolute Gasteiger partial charge is 0.246 e. The molecule has 1 amide bonds. The first-order valence-corrected chi connectivity index (χ1v) is 14.8. The molecule has 2 N–H and O–H groups in total. The average molecular weight is 531 g/mol. The van der Waals surface area contributed by atoms with Crippen LogP contribution in [0.1, 0.15) is 64.9 Å². The highest BCUT2D eigenvalue weighted by Gasteiger charge is 2.49. The second-order valence-corrected chi connectivity index (χ2v) is 12.2. The Morgan fingerprint density at radius 3 is 2.72 bits per heavy atom. The van der Waals surface area contributed by atoms with Crippen molar-refractivity contribution in [1.29, 1.82) is 0 Å². The van der Waals surface area contributed by atoms with E-state index in [1.54, 1.807) is 0 Å². The fourth-order valence-corrected chi connectivity index (χ4v) is 6.71. The fraction of sp³-hybridized carbons (Fsp3) is 0.600. The number of nitrogens with zero attached hydrogens (tertiary/aromatic N) is 6. The summed E-state index contributed by atoms with van der Waals surface area (Å²) in [5.74, 6) is 2.86. The van der Waals surface area contributed by atoms with Gasteiger partial charge in [-0.2, -0.15) is 4.98 Å². The van der Waals surface area contributed by atoms with E-state index in [1.165, 1.54) is 32.2 Å². The van der Waals surface area contributed by atoms with Crippen molar-refractivity contribution in [1.82, 2.24) is 25.2 Å². The van der Waals surface area contributed by atoms with Gasteiger partial charge in [0.25, 0.3) is 0 Å². The monoisotopic (exact) mass is 530 g/mol. The number of piperazine rings is 2. The summed E-state index contributed by atoms with van der Waals surface area (Å²) in [5, 5.41) is 6.48. The molecule has 2 aromatic heterocycles. The van der Waals surface area contributed by atoms with Gasteiger partial charge in [-0.15, -0.1) is 0 Å². The van der Waals surface area contributed by atoms with E-state index in [4.69, 9.17) is 9.97 Å². The maximum absolute atomic E-state index is 12.8. The number of hydrogen-bond donors (Lipinski definition) is 2. The maximum atomic E-state index is 12.8. The standard InChI is InChI=1S/C30H42N8O/c1-21(2)11-14-36-15-16-37(19-22(36)3)24-8-10-26(31-18-24)34-29-32-17-23-7-9-25-28(39)33-20-30(12-5-4-6-13-30)38(25)27(23)35-29/h7-10,17-18,21-22,25H,4-6,11-16,19-20H2,1-3H3,(H,33,39)(H,31,32,34,35)/t22-,25?/m0/s1. The number of amides is 1. The average Bonchev–Trinajstić information content (AvgIpc) is 2.95. The lowest BCUT2D eigenvalue weighted by Crippen LogP contribution is -2.69. The summed E-state index contributed by atoms with van der Waals surface area (Å²) >= 11 is 0. The molecule has 1 aliphatic carbocycles. The summed E-state index contributed by atoms with van der Waals surface area (Å²) in [6.45, 7) is 11.9. The first kappa shape index (κ1) is 26.0. The van der Waals surface area contributed by atoms with E-state index in [2.05, 4.69) is 57.2 Å². The van der Waals surface area contributed by atoms with Gasteiger partial charge in [-0.1, -0.05) is 45.3 Å². The molecule has 39 heavy (non-hydrogen) atoms. The van der Waals surface area contributed by atoms with Gasteiger partial charge in [-0.05, 0) is 50.8 Å². The number of aromatic nitrogens is 3. The Hall–Kier alpha value is -3.20. The molecule has 3 aliphatic heterocycles. The summed E-state index contributed by atoms with van der Waals surface area (Å²) < 4.78 is 0. The normalized spacial score (nSPS) is 24.5. The molecule has 1 saturated carbocycles. The third kappa shape index (κ3) is 5.21. The van der Waals surface area contributed by atoms with Gasteiger partial charge in [0.15, 0.2) is 0 Å². The molecule has 1 spiro atoms. The highest BCUT2D eigenvalue weighted by Crippen LogP contribution is 2.43. The van der Waals surface area contributed by atoms with Crippen LogP contribution >= 0.6 is 0 Å². The molecule has 0 bridgehead atoms. The molecule has 2 saturated heterocycles. The third-order valence-corrected chi connectivity index (χ3v) is 9.03. The van der Waals surface area contributed by atoms with Gasteiger partial charge < -0.3 is 20.4 Å². The van der Waals surface area contributed by atoms with Crippen molar-refractivity contribution >= 4 is 35.3 Å². The number of hydrogen-bond acceptors (Lipinski definition) is 8. The van der Waals surface area contributed by atoms with Gasteiger partial charge in [0, 0.05) is 44.0 Å². The van der Waals surface area contributed by atoms with Gasteiger partial charge in [0.05, 0.1) is 17.4 Å². The second kappa shape index (κ2) is 10.8. The van der Waals surface area contributed by atoms with E-state index >= 15 is 0 Å². The van der Waals surface area contributed by atoms with Crippen LogP contribution in [0, 0.1) is 5.92 Å². The van der Waals surface area contributed by atoms with Gasteiger partial charge in [-0.3, -0.25) is 9.69 Å². The van der Waals surface area contributed by atoms with E-state index < -0.39 is 0 Å². The Bertz CT molecular complexity index is 1210. The minimum Gasteiger partial charge on any atom is -0.367 e. The van der Waals surface area contributed by atoms with Crippen molar-refractivity contribution in [2.45, 2.75) is 76.9 Å². The zero-order valence-electron chi connectivity index (χ0n) is 23.6. The Morgan fingerprint density at radius 2 is 1.97 bits per heavy atom. The Balaban J connectivity index is 1.16. The quantitative estimate of drug-likeness (QED) is 0.574. The van der Waals surface area contributed by atoms with Crippen molar-refractivity contribution < 1.29 is 4.79 Å². The number of nitrogens with one attached hydrogen (secondary N) is 2. The summed E-state index contributed by atoms with van der Waals surface area (Å²) in [7, 11) is 0. The fourth-order valence-electron chi connectivity index (χ4n) is 6.71. The SMILES string of the molecule is CC(C)CCN1CCN(c2ccc(Nc3ncc4c(n3)N3C(C=C4)C(=O)NCC34CCCCC4)nc2)C[C@@H]1C. The minimum atomic E-state index is -0.322. The number of anilines is 4. The third-order valence-electron chi connectivity index (χ3n) is 9.03. The molecule has 208 valence electrons. The molecular formula is C30H42N8O. The highest BCUT2D eigenvalue weighted by molar-refractivity contribution is 5.93. The Morgan fingerprint density at radius 1 is 1.13 bits per heavy atom. The molecule has 2 atom stereocenters. The van der Waals surface area contributed by atoms with E-state index in [1.807, 2.05) is 30.6 Å². The van der Waals surface area contributed by atoms with Crippen molar-refractivity contribution in [3.63, 3.8) is 0 Å². The molecule has 5 heterocycles. The van der Waals surface area contributed by atoms with Gasteiger partial charge >= 0.3 is 0 Å². The van der Waals surface area contributed by atoms with Crippen LogP contribution in [0.5, 0.6) is 0 Å². The predicted molar refractivity (Wildman–Crippen MR) is 156 cm³/mol. The van der Waals surface area contributed by atoms with Crippen LogP contribution in [0.15, 0.2) is 30.6 Å². The molecular weight excluding hydrogens is 488 g/mol. The minimum absolute atomic E-state index is 0.0496. The number of fused-ring (bicyclic) bond motifs is 4. The molecule has 2 aromatic rings. The second-order valence-electron chi connectivity index (χ2n) is 12.2. The van der Waals surface area contributed by atoms with Crippen molar-refractivity contribution in [3.8, 4) is 0 Å². The zero-order valence-corrected chi connectivity index (χ0v) is 23.6. The molecule has 3 fully saturated rings. The maximum Gasteiger partial charge on any atom is 0.246 e. The van der Waals surface area contributed by atoms with Gasteiger partial charge in [-0.25, -0.2) is 9.97 Å². The summed E-state index contributed by atoms with van der Waals surface area (Å²) in [6.07, 6.45) is 14.8. The van der Waals surface area contributed by atoms with E-state index in [-0.39, 0.29) is 17.5 Å². The lowest BCUT2D eigenvalue weighted by Gasteiger charge is -2.54. The van der Waals surface area contributed by atoms with Gasteiger partial charge in [0.1, 0.15) is 17.7 Å². The van der Waals surface area contributed by atoms with Crippen LogP contribution < -0.4 is 20.4 Å². The highest BCUT2D eigenvalue weighted by atomic mass is 16.2. The molecule has 9 heteroatoms. The van der Waals surface area contributed by atoms with Crippen molar-refractivity contribution in [2.75, 3.05) is 47.8 Å². The number of carbonyl (C=O) groups excluding carboxylic acids is 1. The lowest BCUT2D eigenvalue weighted by atomic mass is 9.77. The predicted octanol–water partition coefficient (Wildman–Crippen LogP) is 4.21. The van der Waals surface area contributed by atoms with Crippen LogP contribution in [-0.4, -0.2) is 76.1 Å².